The normalized spacial score (nSPS) is 12.1. The van der Waals surface area contributed by atoms with E-state index in [0.29, 0.717) is 10.5 Å². The number of carboxylic acid groups (broad SMARTS) is 1. The van der Waals surface area contributed by atoms with Crippen molar-refractivity contribution in [2.75, 3.05) is 0 Å². The number of hydrogen-bond donors (Lipinski definition) is 1. The third-order valence-electron chi connectivity index (χ3n) is 2.54. The summed E-state index contributed by atoms with van der Waals surface area (Å²) in [5.74, 6) is -0.775. The van der Waals surface area contributed by atoms with Crippen molar-refractivity contribution in [3.63, 3.8) is 0 Å². The maximum Gasteiger partial charge on any atom is 0.336 e. The van der Waals surface area contributed by atoms with E-state index in [-0.39, 0.29) is 11.3 Å². The van der Waals surface area contributed by atoms with Gasteiger partial charge in [-0.15, -0.1) is 0 Å². The van der Waals surface area contributed by atoms with Crippen LogP contribution in [0, 0.1) is 0 Å². The first-order valence-corrected chi connectivity index (χ1v) is 6.75. The quantitative estimate of drug-likeness (QED) is 0.860. The summed E-state index contributed by atoms with van der Waals surface area (Å²) in [6.07, 6.45) is 0. The highest BCUT2D eigenvalue weighted by molar-refractivity contribution is 7.90. The van der Waals surface area contributed by atoms with Crippen LogP contribution in [0.4, 0.5) is 0 Å². The predicted molar refractivity (Wildman–Crippen MR) is 70.0 cm³/mol. The molecule has 0 spiro atoms. The van der Waals surface area contributed by atoms with Crippen LogP contribution in [0.1, 0.15) is 15.9 Å². The molecule has 18 heavy (non-hydrogen) atoms. The van der Waals surface area contributed by atoms with Crippen molar-refractivity contribution >= 4 is 17.1 Å². The molecule has 0 saturated heterocycles. The molecule has 1 N–H and O–H groups in total. The maximum absolute atomic E-state index is 12.1. The Bertz CT molecular complexity index is 540. The highest BCUT2D eigenvalue weighted by atomic mass is 32.2. The van der Waals surface area contributed by atoms with Gasteiger partial charge in [0.25, 0.3) is 0 Å². The van der Waals surface area contributed by atoms with E-state index >= 15 is 0 Å². The largest absolute Gasteiger partial charge is 0.611 e. The molecule has 0 aromatic heterocycles. The first kappa shape index (κ1) is 12.7. The lowest BCUT2D eigenvalue weighted by Crippen LogP contribution is -2.09. The Kier molecular flexibility index (Phi) is 4.02. The number of aromatic carboxylic acids is 1. The highest BCUT2D eigenvalue weighted by Crippen LogP contribution is 2.18. The smallest absolute Gasteiger partial charge is 0.336 e. The Morgan fingerprint density at radius 2 is 1.67 bits per heavy atom. The first-order valence-electron chi connectivity index (χ1n) is 5.43. The standard InChI is InChI=1S/C14H12O3S/c15-14(16)13-9-5-4-6-11(13)10-18(17)12-7-2-1-3-8-12/h1-9H,10H2,(H,15,16). The molecule has 0 radical (unpaired) electrons. The van der Waals surface area contributed by atoms with Gasteiger partial charge >= 0.3 is 5.97 Å². The molecule has 0 bridgehead atoms. The fourth-order valence-electron chi connectivity index (χ4n) is 1.65. The molecule has 0 heterocycles. The van der Waals surface area contributed by atoms with Gasteiger partial charge in [0.1, 0.15) is 5.75 Å². The van der Waals surface area contributed by atoms with Gasteiger partial charge in [0.2, 0.25) is 0 Å². The molecular formula is C14H12O3S. The molecule has 0 aliphatic carbocycles. The van der Waals surface area contributed by atoms with Crippen LogP contribution in [-0.4, -0.2) is 15.6 Å². The zero-order valence-electron chi connectivity index (χ0n) is 9.58. The first-order chi connectivity index (χ1) is 8.68. The Hall–Kier alpha value is -1.78. The van der Waals surface area contributed by atoms with Crippen LogP contribution in [0.5, 0.6) is 0 Å². The van der Waals surface area contributed by atoms with Crippen LogP contribution >= 0.6 is 0 Å². The van der Waals surface area contributed by atoms with Crippen molar-refractivity contribution in [2.45, 2.75) is 10.6 Å². The fraction of sp³-hybridized carbons (Fsp3) is 0.0714. The van der Waals surface area contributed by atoms with Crippen LogP contribution < -0.4 is 0 Å². The van der Waals surface area contributed by atoms with Crippen molar-refractivity contribution < 1.29 is 14.5 Å². The average Bonchev–Trinajstić information content (AvgIpc) is 2.40. The predicted octanol–water partition coefficient (Wildman–Crippen LogP) is 2.69. The van der Waals surface area contributed by atoms with Gasteiger partial charge in [-0.25, -0.2) is 4.79 Å². The molecule has 1 atom stereocenters. The van der Waals surface area contributed by atoms with Crippen molar-refractivity contribution in [1.82, 2.24) is 0 Å². The summed E-state index contributed by atoms with van der Waals surface area (Å²) in [5, 5.41) is 9.05. The Balaban J connectivity index is 2.22. The second-order valence-electron chi connectivity index (χ2n) is 3.77. The molecule has 3 nitrogen and oxygen atoms in total. The zero-order valence-corrected chi connectivity index (χ0v) is 10.4. The van der Waals surface area contributed by atoms with E-state index in [1.807, 2.05) is 18.2 Å². The van der Waals surface area contributed by atoms with Crippen molar-refractivity contribution in [2.24, 2.45) is 0 Å². The summed E-state index contributed by atoms with van der Waals surface area (Å²) in [7, 11) is 0. The molecule has 0 fully saturated rings. The Morgan fingerprint density at radius 1 is 1.06 bits per heavy atom. The molecular weight excluding hydrogens is 248 g/mol. The Morgan fingerprint density at radius 3 is 2.33 bits per heavy atom. The van der Waals surface area contributed by atoms with Gasteiger partial charge in [0, 0.05) is 5.56 Å². The van der Waals surface area contributed by atoms with Gasteiger partial charge in [-0.2, -0.15) is 0 Å². The van der Waals surface area contributed by atoms with Crippen LogP contribution in [-0.2, 0) is 16.9 Å². The van der Waals surface area contributed by atoms with Crippen LogP contribution in [0.25, 0.3) is 0 Å². The van der Waals surface area contributed by atoms with E-state index in [0.717, 1.165) is 0 Å². The number of benzene rings is 2. The molecule has 0 aliphatic heterocycles. The SMILES string of the molecule is O=C(O)c1ccccc1C[S+]([O-])c1ccccc1. The van der Waals surface area contributed by atoms with E-state index < -0.39 is 17.1 Å². The third kappa shape index (κ3) is 2.91. The van der Waals surface area contributed by atoms with Gasteiger partial charge in [0.05, 0.1) is 5.56 Å². The zero-order chi connectivity index (χ0) is 13.0. The molecule has 0 saturated carbocycles. The summed E-state index contributed by atoms with van der Waals surface area (Å²) >= 11 is -1.22. The molecule has 2 rings (SSSR count). The molecule has 0 amide bonds. The maximum atomic E-state index is 12.1. The van der Waals surface area contributed by atoms with E-state index in [4.69, 9.17) is 5.11 Å². The van der Waals surface area contributed by atoms with Gasteiger partial charge < -0.3 is 9.66 Å². The number of hydrogen-bond acceptors (Lipinski definition) is 2. The van der Waals surface area contributed by atoms with Gasteiger partial charge in [-0.1, -0.05) is 36.4 Å². The van der Waals surface area contributed by atoms with E-state index in [1.165, 1.54) is 6.07 Å². The molecule has 1 unspecified atom stereocenters. The van der Waals surface area contributed by atoms with Gasteiger partial charge in [0.15, 0.2) is 4.90 Å². The second kappa shape index (κ2) is 5.71. The third-order valence-corrected chi connectivity index (χ3v) is 3.91. The number of carboxylic acids is 1. The molecule has 4 heteroatoms. The number of carbonyl (C=O) groups is 1. The topological polar surface area (TPSA) is 60.4 Å². The van der Waals surface area contributed by atoms with Crippen molar-refractivity contribution in [3.8, 4) is 0 Å². The van der Waals surface area contributed by atoms with E-state index in [2.05, 4.69) is 0 Å². The molecule has 2 aromatic carbocycles. The summed E-state index contributed by atoms with van der Waals surface area (Å²) < 4.78 is 12.1. The fourth-order valence-corrected chi connectivity index (χ4v) is 2.81. The van der Waals surface area contributed by atoms with Crippen LogP contribution in [0.3, 0.4) is 0 Å². The minimum atomic E-state index is -1.22. The molecule has 92 valence electrons. The lowest BCUT2D eigenvalue weighted by Gasteiger charge is -2.11. The molecule has 0 aliphatic rings. The average molecular weight is 260 g/mol. The number of rotatable bonds is 4. The summed E-state index contributed by atoms with van der Waals surface area (Å²) in [6, 6.07) is 15.7. The summed E-state index contributed by atoms with van der Waals surface area (Å²) in [6.45, 7) is 0. The van der Waals surface area contributed by atoms with Crippen LogP contribution in [0.15, 0.2) is 59.5 Å². The minimum absolute atomic E-state index is 0.210. The van der Waals surface area contributed by atoms with Crippen molar-refractivity contribution in [1.29, 1.82) is 0 Å². The van der Waals surface area contributed by atoms with E-state index in [9.17, 15) is 9.35 Å². The summed E-state index contributed by atoms with van der Waals surface area (Å²) in [5.41, 5.74) is 0.800. The minimum Gasteiger partial charge on any atom is -0.611 e. The monoisotopic (exact) mass is 260 g/mol. The molecule has 2 aromatic rings. The van der Waals surface area contributed by atoms with E-state index in [1.54, 1.807) is 30.3 Å². The second-order valence-corrected chi connectivity index (χ2v) is 5.22. The lowest BCUT2D eigenvalue weighted by molar-refractivity contribution is 0.0696. The Labute approximate surface area is 108 Å². The van der Waals surface area contributed by atoms with Crippen LogP contribution in [0.2, 0.25) is 0 Å². The van der Waals surface area contributed by atoms with Gasteiger partial charge in [-0.05, 0) is 29.4 Å². The summed E-state index contributed by atoms with van der Waals surface area (Å²) in [4.78, 5) is 11.7. The van der Waals surface area contributed by atoms with Crippen molar-refractivity contribution in [3.05, 3.63) is 65.7 Å². The lowest BCUT2D eigenvalue weighted by atomic mass is 10.1. The highest BCUT2D eigenvalue weighted by Gasteiger charge is 2.16. The van der Waals surface area contributed by atoms with Gasteiger partial charge in [-0.3, -0.25) is 0 Å².